The monoisotopic (exact) mass is 545 g/mol. The molecule has 2 amide bonds. The van der Waals surface area contributed by atoms with Crippen LogP contribution < -0.4 is 10.6 Å². The van der Waals surface area contributed by atoms with Crippen LogP contribution in [0.5, 0.6) is 0 Å². The van der Waals surface area contributed by atoms with Crippen molar-refractivity contribution in [3.05, 3.63) is 97.2 Å². The molecular weight excluding hydrogens is 506 g/mol. The number of aliphatic hydroxyl groups is 1. The standard InChI is InChI=1S/C32H39N3O5/c1-3-5-16-31(38)40-22-27(18-25-20-33-29-15-10-9-14-28(25)29)35-32(39)24(11-4-2)19-30(37)34-26(21-36)17-23-12-7-6-8-13-23/h3-4,6-10,12-15,20,24,26-27,33,36H,1-2,5,11,16-19,21-22H2,(H,34,37)(H,35,39)/t24-,26+,27-/m0/s1. The average Bonchev–Trinajstić information content (AvgIpc) is 3.37. The zero-order valence-electron chi connectivity index (χ0n) is 22.8. The van der Waals surface area contributed by atoms with Gasteiger partial charge in [-0.2, -0.15) is 0 Å². The fraction of sp³-hybridized carbons (Fsp3) is 0.344. The van der Waals surface area contributed by atoms with E-state index in [1.165, 1.54) is 0 Å². The van der Waals surface area contributed by atoms with E-state index in [2.05, 4.69) is 28.8 Å². The molecule has 0 fully saturated rings. The molecule has 0 radical (unpaired) electrons. The zero-order chi connectivity index (χ0) is 28.7. The topological polar surface area (TPSA) is 121 Å². The number of ether oxygens (including phenoxy) is 1. The number of nitrogens with one attached hydrogen (secondary N) is 3. The molecule has 3 atom stereocenters. The molecule has 0 aliphatic rings. The van der Waals surface area contributed by atoms with E-state index in [1.54, 1.807) is 12.2 Å². The first-order valence-electron chi connectivity index (χ1n) is 13.6. The van der Waals surface area contributed by atoms with Gasteiger partial charge < -0.3 is 25.5 Å². The van der Waals surface area contributed by atoms with Crippen LogP contribution >= 0.6 is 0 Å². The molecule has 1 aromatic heterocycles. The first kappa shape index (κ1) is 30.4. The Morgan fingerprint density at radius 2 is 1.70 bits per heavy atom. The van der Waals surface area contributed by atoms with E-state index in [0.29, 0.717) is 25.7 Å². The second-order valence-electron chi connectivity index (χ2n) is 9.84. The number of hydrogen-bond acceptors (Lipinski definition) is 5. The molecule has 4 N–H and O–H groups in total. The number of aromatic nitrogens is 1. The van der Waals surface area contributed by atoms with Gasteiger partial charge in [-0.25, -0.2) is 0 Å². The van der Waals surface area contributed by atoms with Crippen molar-refractivity contribution in [2.24, 2.45) is 5.92 Å². The van der Waals surface area contributed by atoms with Gasteiger partial charge in [0.1, 0.15) is 6.61 Å². The van der Waals surface area contributed by atoms with E-state index >= 15 is 0 Å². The molecule has 0 aliphatic carbocycles. The first-order chi connectivity index (χ1) is 19.4. The smallest absolute Gasteiger partial charge is 0.306 e. The lowest BCUT2D eigenvalue weighted by Gasteiger charge is -2.23. The Hall–Kier alpha value is -4.17. The van der Waals surface area contributed by atoms with Crippen molar-refractivity contribution in [2.45, 2.75) is 50.6 Å². The number of para-hydroxylation sites is 1. The fourth-order valence-electron chi connectivity index (χ4n) is 4.58. The molecule has 8 heteroatoms. The van der Waals surface area contributed by atoms with Crippen LogP contribution in [0.15, 0.2) is 86.1 Å². The van der Waals surface area contributed by atoms with Crippen LogP contribution in [0, 0.1) is 5.92 Å². The second-order valence-corrected chi connectivity index (χ2v) is 9.84. The molecule has 2 aromatic carbocycles. The van der Waals surface area contributed by atoms with Crippen LogP contribution in [0.3, 0.4) is 0 Å². The molecule has 0 saturated heterocycles. The molecule has 0 unspecified atom stereocenters. The third-order valence-corrected chi connectivity index (χ3v) is 6.65. The van der Waals surface area contributed by atoms with Gasteiger partial charge in [0.25, 0.3) is 0 Å². The van der Waals surface area contributed by atoms with Gasteiger partial charge in [0.2, 0.25) is 11.8 Å². The van der Waals surface area contributed by atoms with Gasteiger partial charge in [-0.3, -0.25) is 14.4 Å². The van der Waals surface area contributed by atoms with Crippen molar-refractivity contribution < 1.29 is 24.2 Å². The molecule has 0 spiro atoms. The summed E-state index contributed by atoms with van der Waals surface area (Å²) in [5, 5.41) is 16.7. The first-order valence-corrected chi connectivity index (χ1v) is 13.6. The van der Waals surface area contributed by atoms with Gasteiger partial charge in [0.15, 0.2) is 0 Å². The summed E-state index contributed by atoms with van der Waals surface area (Å²) in [7, 11) is 0. The maximum Gasteiger partial charge on any atom is 0.306 e. The molecule has 0 saturated carbocycles. The van der Waals surface area contributed by atoms with Crippen LogP contribution in [0.4, 0.5) is 0 Å². The summed E-state index contributed by atoms with van der Waals surface area (Å²) >= 11 is 0. The van der Waals surface area contributed by atoms with Crippen molar-refractivity contribution in [3.63, 3.8) is 0 Å². The summed E-state index contributed by atoms with van der Waals surface area (Å²) in [6.45, 7) is 7.16. The molecule has 1 heterocycles. The van der Waals surface area contributed by atoms with Gasteiger partial charge in [-0.05, 0) is 42.9 Å². The largest absolute Gasteiger partial charge is 0.463 e. The predicted molar refractivity (Wildman–Crippen MR) is 156 cm³/mol. The number of allylic oxidation sites excluding steroid dienone is 2. The summed E-state index contributed by atoms with van der Waals surface area (Å²) in [5.74, 6) is -1.70. The molecule has 0 bridgehead atoms. The zero-order valence-corrected chi connectivity index (χ0v) is 22.8. The molecule has 3 aromatic rings. The SMILES string of the molecule is C=CCCC(=O)OC[C@H](Cc1c[nH]c2ccccc12)NC(=O)[C@@H](CC=C)CC(=O)N[C@@H](CO)Cc1ccccc1. The molecule has 40 heavy (non-hydrogen) atoms. The highest BCUT2D eigenvalue weighted by Gasteiger charge is 2.26. The number of carbonyl (C=O) groups is 3. The van der Waals surface area contributed by atoms with E-state index in [-0.39, 0.29) is 43.8 Å². The number of amides is 2. The lowest BCUT2D eigenvalue weighted by Crippen LogP contribution is -2.45. The third kappa shape index (κ3) is 9.54. The number of carbonyl (C=O) groups excluding carboxylic acids is 3. The number of esters is 1. The Morgan fingerprint density at radius 1 is 0.950 bits per heavy atom. The normalized spacial score (nSPS) is 13.1. The Bertz CT molecular complexity index is 1270. The molecule has 212 valence electrons. The van der Waals surface area contributed by atoms with Gasteiger partial charge in [0.05, 0.1) is 24.6 Å². The minimum atomic E-state index is -0.671. The lowest BCUT2D eigenvalue weighted by atomic mass is 9.97. The highest BCUT2D eigenvalue weighted by atomic mass is 16.5. The predicted octanol–water partition coefficient (Wildman–Crippen LogP) is 4.01. The number of rotatable bonds is 17. The summed E-state index contributed by atoms with van der Waals surface area (Å²) in [5.41, 5.74) is 2.94. The van der Waals surface area contributed by atoms with Gasteiger partial charge in [-0.1, -0.05) is 60.7 Å². The highest BCUT2D eigenvalue weighted by Crippen LogP contribution is 2.20. The van der Waals surface area contributed by atoms with E-state index < -0.39 is 18.0 Å². The number of fused-ring (bicyclic) bond motifs is 1. The summed E-state index contributed by atoms with van der Waals surface area (Å²) in [4.78, 5) is 41.7. The van der Waals surface area contributed by atoms with Crippen molar-refractivity contribution in [1.29, 1.82) is 0 Å². The van der Waals surface area contributed by atoms with Crippen LogP contribution in [0.25, 0.3) is 10.9 Å². The van der Waals surface area contributed by atoms with Crippen LogP contribution in [-0.4, -0.2) is 53.2 Å². The highest BCUT2D eigenvalue weighted by molar-refractivity contribution is 5.86. The van der Waals surface area contributed by atoms with E-state index in [4.69, 9.17) is 4.74 Å². The maximum atomic E-state index is 13.4. The van der Waals surface area contributed by atoms with E-state index in [9.17, 15) is 19.5 Å². The molecular formula is C32H39N3O5. The Kier molecular flexibility index (Phi) is 12.2. The van der Waals surface area contributed by atoms with Gasteiger partial charge in [-0.15, -0.1) is 13.2 Å². The fourth-order valence-corrected chi connectivity index (χ4v) is 4.58. The average molecular weight is 546 g/mol. The van der Waals surface area contributed by atoms with Crippen LogP contribution in [0.1, 0.15) is 36.8 Å². The molecule has 8 nitrogen and oxygen atoms in total. The van der Waals surface area contributed by atoms with Crippen molar-refractivity contribution in [1.82, 2.24) is 15.6 Å². The van der Waals surface area contributed by atoms with Crippen molar-refractivity contribution in [3.8, 4) is 0 Å². The maximum absolute atomic E-state index is 13.4. The Balaban J connectivity index is 1.66. The number of hydrogen-bond donors (Lipinski definition) is 4. The second kappa shape index (κ2) is 16.1. The summed E-state index contributed by atoms with van der Waals surface area (Å²) in [6, 6.07) is 16.5. The van der Waals surface area contributed by atoms with E-state index in [0.717, 1.165) is 22.0 Å². The number of benzene rings is 2. The van der Waals surface area contributed by atoms with Gasteiger partial charge >= 0.3 is 5.97 Å². The van der Waals surface area contributed by atoms with Crippen LogP contribution in [-0.2, 0) is 32.0 Å². The third-order valence-electron chi connectivity index (χ3n) is 6.65. The van der Waals surface area contributed by atoms with Crippen LogP contribution in [0.2, 0.25) is 0 Å². The summed E-state index contributed by atoms with van der Waals surface area (Å²) in [6.07, 6.45) is 7.00. The van der Waals surface area contributed by atoms with Crippen molar-refractivity contribution in [2.75, 3.05) is 13.2 Å². The quantitative estimate of drug-likeness (QED) is 0.151. The van der Waals surface area contributed by atoms with Crippen molar-refractivity contribution >= 4 is 28.7 Å². The Morgan fingerprint density at radius 3 is 2.42 bits per heavy atom. The van der Waals surface area contributed by atoms with E-state index in [1.807, 2.05) is 60.8 Å². The number of aromatic amines is 1. The molecule has 3 rings (SSSR count). The lowest BCUT2D eigenvalue weighted by molar-refractivity contribution is -0.145. The number of aliphatic hydroxyl groups excluding tert-OH is 1. The van der Waals surface area contributed by atoms with Gasteiger partial charge in [0, 0.05) is 29.9 Å². The molecule has 0 aliphatic heterocycles. The minimum absolute atomic E-state index is 0.00209. The summed E-state index contributed by atoms with van der Waals surface area (Å²) < 4.78 is 5.47. The minimum Gasteiger partial charge on any atom is -0.463 e. The number of H-pyrrole nitrogens is 1. The Labute approximate surface area is 235 Å².